The zero-order valence-electron chi connectivity index (χ0n) is 10.4. The lowest BCUT2D eigenvalue weighted by Crippen LogP contribution is -2.61. The van der Waals surface area contributed by atoms with Crippen molar-refractivity contribution < 1.29 is 0 Å². The molecule has 0 saturated heterocycles. The van der Waals surface area contributed by atoms with Crippen LogP contribution in [0, 0.1) is 0 Å². The van der Waals surface area contributed by atoms with Gasteiger partial charge in [0.25, 0.3) is 0 Å². The highest BCUT2D eigenvalue weighted by molar-refractivity contribution is 6.00. The van der Waals surface area contributed by atoms with Crippen LogP contribution in [-0.4, -0.2) is 43.6 Å². The van der Waals surface area contributed by atoms with E-state index in [2.05, 4.69) is 15.6 Å². The molecule has 5 heteroatoms. The van der Waals surface area contributed by atoms with E-state index in [1.54, 1.807) is 7.05 Å². The van der Waals surface area contributed by atoms with Gasteiger partial charge in [0.15, 0.2) is 5.96 Å². The Hall–Kier alpha value is -1.26. The minimum absolute atomic E-state index is 0.113. The monoisotopic (exact) mass is 223 g/mol. The van der Waals surface area contributed by atoms with Crippen molar-refractivity contribution in [3.8, 4) is 0 Å². The number of hydrogen-bond donors (Lipinski definition) is 2. The van der Waals surface area contributed by atoms with Gasteiger partial charge in [0, 0.05) is 21.1 Å². The highest BCUT2D eigenvalue weighted by Crippen LogP contribution is 2.30. The Morgan fingerprint density at radius 1 is 1.25 bits per heavy atom. The van der Waals surface area contributed by atoms with Crippen molar-refractivity contribution in [2.24, 2.45) is 9.98 Å². The molecule has 1 heterocycles. The summed E-state index contributed by atoms with van der Waals surface area (Å²) in [6.45, 7) is 0. The summed E-state index contributed by atoms with van der Waals surface area (Å²) in [6.07, 6.45) is 6.01. The van der Waals surface area contributed by atoms with Gasteiger partial charge in [-0.25, -0.2) is 4.99 Å². The average molecular weight is 223 g/mol. The van der Waals surface area contributed by atoms with Crippen LogP contribution in [0.15, 0.2) is 9.98 Å². The Kier molecular flexibility index (Phi) is 3.03. The summed E-state index contributed by atoms with van der Waals surface area (Å²) in [5.41, 5.74) is -0.113. The number of aliphatic imine (C=N–C) groups is 2. The molecule has 0 aromatic carbocycles. The van der Waals surface area contributed by atoms with E-state index in [4.69, 9.17) is 4.99 Å². The molecule has 1 spiro atoms. The molecular weight excluding hydrogens is 202 g/mol. The molecule has 90 valence electrons. The topological polar surface area (TPSA) is 52.0 Å². The Balaban J connectivity index is 2.26. The van der Waals surface area contributed by atoms with Gasteiger partial charge >= 0.3 is 0 Å². The van der Waals surface area contributed by atoms with Crippen LogP contribution in [-0.2, 0) is 0 Å². The first-order valence-electron chi connectivity index (χ1n) is 5.94. The normalized spacial score (nSPS) is 25.9. The molecule has 2 rings (SSSR count). The number of rotatable bonds is 0. The van der Waals surface area contributed by atoms with E-state index in [1.165, 1.54) is 19.3 Å². The van der Waals surface area contributed by atoms with Crippen molar-refractivity contribution >= 4 is 11.9 Å². The molecule has 1 saturated carbocycles. The molecule has 1 aliphatic heterocycles. The maximum absolute atomic E-state index is 4.81. The van der Waals surface area contributed by atoms with Gasteiger partial charge in [-0.1, -0.05) is 6.42 Å². The minimum atomic E-state index is -0.113. The summed E-state index contributed by atoms with van der Waals surface area (Å²) >= 11 is 0. The lowest BCUT2D eigenvalue weighted by atomic mass is 9.89. The largest absolute Gasteiger partial charge is 0.349 e. The van der Waals surface area contributed by atoms with Gasteiger partial charge in [-0.15, -0.1) is 0 Å². The van der Waals surface area contributed by atoms with Gasteiger partial charge < -0.3 is 10.2 Å². The summed E-state index contributed by atoms with van der Waals surface area (Å²) in [5, 5.41) is 6.62. The smallest absolute Gasteiger partial charge is 0.202 e. The second-order valence-electron chi connectivity index (χ2n) is 4.74. The van der Waals surface area contributed by atoms with Crippen molar-refractivity contribution in [1.29, 1.82) is 0 Å². The van der Waals surface area contributed by atoms with Gasteiger partial charge in [-0.05, 0) is 25.7 Å². The second kappa shape index (κ2) is 4.31. The predicted molar refractivity (Wildman–Crippen MR) is 66.6 cm³/mol. The third kappa shape index (κ3) is 2.13. The molecular formula is C11H21N5. The third-order valence-corrected chi connectivity index (χ3v) is 3.23. The van der Waals surface area contributed by atoms with Gasteiger partial charge in [0.1, 0.15) is 5.66 Å². The highest BCUT2D eigenvalue weighted by atomic mass is 15.4. The van der Waals surface area contributed by atoms with E-state index >= 15 is 0 Å². The van der Waals surface area contributed by atoms with Crippen LogP contribution in [0.3, 0.4) is 0 Å². The molecule has 1 fully saturated rings. The van der Waals surface area contributed by atoms with Crippen molar-refractivity contribution in [1.82, 2.24) is 15.5 Å². The van der Waals surface area contributed by atoms with Crippen molar-refractivity contribution in [2.75, 3.05) is 21.1 Å². The molecule has 0 bridgehead atoms. The van der Waals surface area contributed by atoms with E-state index in [0.29, 0.717) is 0 Å². The summed E-state index contributed by atoms with van der Waals surface area (Å²) in [6, 6.07) is 0. The molecule has 0 unspecified atom stereocenters. The van der Waals surface area contributed by atoms with Gasteiger partial charge in [-0.2, -0.15) is 0 Å². The first kappa shape index (κ1) is 11.2. The van der Waals surface area contributed by atoms with Crippen LogP contribution in [0.25, 0.3) is 0 Å². The molecule has 0 amide bonds. The molecule has 2 N–H and O–H groups in total. The van der Waals surface area contributed by atoms with Crippen LogP contribution in [0.4, 0.5) is 0 Å². The highest BCUT2D eigenvalue weighted by Gasteiger charge is 2.36. The Bertz CT molecular complexity index is 312. The molecule has 0 radical (unpaired) electrons. The first-order chi connectivity index (χ1) is 7.65. The molecule has 16 heavy (non-hydrogen) atoms. The summed E-state index contributed by atoms with van der Waals surface area (Å²) in [4.78, 5) is 11.0. The number of nitrogens with one attached hydrogen (secondary N) is 2. The Labute approximate surface area is 97.0 Å². The van der Waals surface area contributed by atoms with Crippen LogP contribution >= 0.6 is 0 Å². The molecule has 0 atom stereocenters. The standard InChI is InChI=1S/C11H21N5/c1-12-9-13-10(16(2)3)15-11(14-9)7-5-4-6-8-11/h4-8H2,1-3H3,(H2,12,13,14,15). The van der Waals surface area contributed by atoms with Gasteiger partial charge in [0.05, 0.1) is 0 Å². The predicted octanol–water partition coefficient (Wildman–Crippen LogP) is 0.743. The summed E-state index contributed by atoms with van der Waals surface area (Å²) in [5.74, 6) is 1.74. The Morgan fingerprint density at radius 3 is 2.50 bits per heavy atom. The Morgan fingerprint density at radius 2 is 1.94 bits per heavy atom. The van der Waals surface area contributed by atoms with Crippen LogP contribution in [0.1, 0.15) is 32.1 Å². The lowest BCUT2D eigenvalue weighted by Gasteiger charge is -2.40. The fourth-order valence-electron chi connectivity index (χ4n) is 2.31. The van der Waals surface area contributed by atoms with Crippen molar-refractivity contribution in [3.05, 3.63) is 0 Å². The maximum Gasteiger partial charge on any atom is 0.202 e. The molecule has 5 nitrogen and oxygen atoms in total. The van der Waals surface area contributed by atoms with Crippen molar-refractivity contribution in [3.63, 3.8) is 0 Å². The molecule has 0 aromatic rings. The van der Waals surface area contributed by atoms with Crippen LogP contribution in [0.2, 0.25) is 0 Å². The van der Waals surface area contributed by atoms with Crippen molar-refractivity contribution in [2.45, 2.75) is 37.8 Å². The molecule has 0 aromatic heterocycles. The van der Waals surface area contributed by atoms with Crippen LogP contribution in [0.5, 0.6) is 0 Å². The molecule has 2 aliphatic rings. The number of hydrogen-bond acceptors (Lipinski definition) is 3. The quantitative estimate of drug-likeness (QED) is 0.637. The second-order valence-corrected chi connectivity index (χ2v) is 4.74. The maximum atomic E-state index is 4.81. The third-order valence-electron chi connectivity index (χ3n) is 3.23. The van der Waals surface area contributed by atoms with Gasteiger partial charge in [0.2, 0.25) is 5.96 Å². The zero-order chi connectivity index (χ0) is 11.6. The van der Waals surface area contributed by atoms with E-state index in [0.717, 1.165) is 24.8 Å². The summed E-state index contributed by atoms with van der Waals surface area (Å²) in [7, 11) is 5.80. The minimum Gasteiger partial charge on any atom is -0.349 e. The molecule has 1 aliphatic carbocycles. The fourth-order valence-corrected chi connectivity index (χ4v) is 2.31. The lowest BCUT2D eigenvalue weighted by molar-refractivity contribution is 0.266. The SMILES string of the molecule is CN=C1NC(N(C)C)=NC2(CCCCC2)N1. The van der Waals surface area contributed by atoms with E-state index in [9.17, 15) is 0 Å². The van der Waals surface area contributed by atoms with E-state index in [-0.39, 0.29) is 5.66 Å². The fraction of sp³-hybridized carbons (Fsp3) is 0.818. The average Bonchev–Trinajstić information content (AvgIpc) is 2.29. The number of nitrogens with zero attached hydrogens (tertiary/aromatic N) is 3. The summed E-state index contributed by atoms with van der Waals surface area (Å²) < 4.78 is 0. The van der Waals surface area contributed by atoms with E-state index < -0.39 is 0 Å². The van der Waals surface area contributed by atoms with Crippen LogP contribution < -0.4 is 10.6 Å². The van der Waals surface area contributed by atoms with E-state index in [1.807, 2.05) is 19.0 Å². The number of guanidine groups is 2. The van der Waals surface area contributed by atoms with Gasteiger partial charge in [-0.3, -0.25) is 10.3 Å². The first-order valence-corrected chi connectivity index (χ1v) is 5.94. The zero-order valence-corrected chi connectivity index (χ0v) is 10.4.